The van der Waals surface area contributed by atoms with Crippen LogP contribution in [-0.4, -0.2) is 57.0 Å². The number of nitrogens with one attached hydrogen (secondary N) is 1. The van der Waals surface area contributed by atoms with E-state index in [4.69, 9.17) is 9.47 Å². The fourth-order valence-corrected chi connectivity index (χ4v) is 4.31. The summed E-state index contributed by atoms with van der Waals surface area (Å²) in [5.74, 6) is -6.78. The molecule has 1 saturated heterocycles. The number of benzene rings is 2. The van der Waals surface area contributed by atoms with Crippen molar-refractivity contribution in [2.45, 2.75) is 17.9 Å². The molecule has 0 aromatic heterocycles. The van der Waals surface area contributed by atoms with Crippen LogP contribution in [0, 0.1) is 17.5 Å². The summed E-state index contributed by atoms with van der Waals surface area (Å²) < 4.78 is 76.9. The smallest absolute Gasteiger partial charge is 0.338 e. The first-order chi connectivity index (χ1) is 15.1. The van der Waals surface area contributed by atoms with E-state index in [0.29, 0.717) is 6.07 Å². The topological polar surface area (TPSA) is 102 Å². The maximum Gasteiger partial charge on any atom is 0.338 e. The van der Waals surface area contributed by atoms with Gasteiger partial charge in [-0.3, -0.25) is 4.79 Å². The Balaban J connectivity index is 1.69. The van der Waals surface area contributed by atoms with E-state index in [9.17, 15) is 31.2 Å². The van der Waals surface area contributed by atoms with Crippen LogP contribution in [0.3, 0.4) is 0 Å². The number of anilines is 1. The van der Waals surface area contributed by atoms with Crippen molar-refractivity contribution in [3.63, 3.8) is 0 Å². The molecule has 1 heterocycles. The molecule has 2 aromatic rings. The van der Waals surface area contributed by atoms with Crippen molar-refractivity contribution in [3.05, 3.63) is 59.4 Å². The Morgan fingerprint density at radius 3 is 2.47 bits per heavy atom. The molecule has 0 aliphatic carbocycles. The zero-order valence-electron chi connectivity index (χ0n) is 16.8. The molecule has 2 aromatic carbocycles. The molecule has 1 unspecified atom stereocenters. The highest BCUT2D eigenvalue weighted by Crippen LogP contribution is 2.21. The molecule has 0 spiro atoms. The molecular weight excluding hydrogens is 453 g/mol. The van der Waals surface area contributed by atoms with Crippen LogP contribution in [0.1, 0.15) is 17.3 Å². The summed E-state index contributed by atoms with van der Waals surface area (Å²) in [6.45, 7) is 2.04. The van der Waals surface area contributed by atoms with Crippen LogP contribution >= 0.6 is 0 Å². The second kappa shape index (κ2) is 9.67. The zero-order chi connectivity index (χ0) is 23.5. The van der Waals surface area contributed by atoms with E-state index >= 15 is 0 Å². The van der Waals surface area contributed by atoms with Crippen molar-refractivity contribution in [3.8, 4) is 0 Å². The van der Waals surface area contributed by atoms with Crippen molar-refractivity contribution in [1.82, 2.24) is 4.31 Å². The van der Waals surface area contributed by atoms with Gasteiger partial charge < -0.3 is 14.8 Å². The van der Waals surface area contributed by atoms with Crippen LogP contribution in [0.5, 0.6) is 0 Å². The molecule has 0 bridgehead atoms. The van der Waals surface area contributed by atoms with Crippen molar-refractivity contribution in [2.75, 3.05) is 31.6 Å². The normalized spacial score (nSPS) is 15.8. The third kappa shape index (κ3) is 5.09. The number of ether oxygens (including phenoxy) is 2. The summed E-state index contributed by atoms with van der Waals surface area (Å²) in [5, 5.41) is 2.00. The van der Waals surface area contributed by atoms with E-state index in [1.165, 1.54) is 29.4 Å². The number of morpholine rings is 1. The van der Waals surface area contributed by atoms with Crippen LogP contribution in [0.25, 0.3) is 0 Å². The molecule has 1 N–H and O–H groups in total. The van der Waals surface area contributed by atoms with Gasteiger partial charge in [-0.25, -0.2) is 26.4 Å². The Morgan fingerprint density at radius 1 is 1.09 bits per heavy atom. The molecule has 32 heavy (non-hydrogen) atoms. The number of rotatable bonds is 6. The molecule has 0 radical (unpaired) electrons. The highest BCUT2D eigenvalue weighted by atomic mass is 32.2. The highest BCUT2D eigenvalue weighted by molar-refractivity contribution is 7.89. The summed E-state index contributed by atoms with van der Waals surface area (Å²) in [4.78, 5) is 24.5. The second-order valence-corrected chi connectivity index (χ2v) is 8.74. The predicted molar refractivity (Wildman–Crippen MR) is 106 cm³/mol. The number of hydrogen-bond acceptors (Lipinski definition) is 6. The third-order valence-electron chi connectivity index (χ3n) is 4.62. The molecule has 1 fully saturated rings. The molecule has 1 aliphatic rings. The van der Waals surface area contributed by atoms with Gasteiger partial charge in [0, 0.05) is 13.1 Å². The van der Waals surface area contributed by atoms with Crippen molar-refractivity contribution >= 4 is 27.6 Å². The van der Waals surface area contributed by atoms with Crippen molar-refractivity contribution in [1.29, 1.82) is 0 Å². The Bertz CT molecular complexity index is 1140. The van der Waals surface area contributed by atoms with E-state index < -0.39 is 51.1 Å². The van der Waals surface area contributed by atoms with Gasteiger partial charge in [0.05, 0.1) is 29.4 Å². The molecule has 0 saturated carbocycles. The number of esters is 1. The number of carbonyl (C=O) groups is 2. The maximum absolute atomic E-state index is 13.7. The number of carbonyl (C=O) groups excluding carboxylic acids is 2. The lowest BCUT2D eigenvalue weighted by Crippen LogP contribution is -2.40. The van der Waals surface area contributed by atoms with E-state index in [2.05, 4.69) is 0 Å². The predicted octanol–water partition coefficient (Wildman–Crippen LogP) is 2.31. The zero-order valence-corrected chi connectivity index (χ0v) is 17.6. The van der Waals surface area contributed by atoms with Crippen LogP contribution in [0.2, 0.25) is 0 Å². The van der Waals surface area contributed by atoms with E-state index in [1.807, 2.05) is 5.32 Å². The van der Waals surface area contributed by atoms with Gasteiger partial charge in [-0.1, -0.05) is 6.07 Å². The first-order valence-electron chi connectivity index (χ1n) is 9.44. The number of hydrogen-bond donors (Lipinski definition) is 1. The van der Waals surface area contributed by atoms with Gasteiger partial charge in [0.1, 0.15) is 0 Å². The standard InChI is InChI=1S/C20H19F3N2O6S/c1-12(19(26)24-16-6-5-15(21)17(22)18(16)23)31-20(27)13-3-2-4-14(11-13)32(28,29)25-7-9-30-10-8-25/h2-6,11-12H,7-10H2,1H3,(H,24,26). The van der Waals surface area contributed by atoms with Gasteiger partial charge in [0.25, 0.3) is 5.91 Å². The summed E-state index contributed by atoms with van der Waals surface area (Å²) >= 11 is 0. The van der Waals surface area contributed by atoms with E-state index in [1.54, 1.807) is 0 Å². The molecular formula is C20H19F3N2O6S. The van der Waals surface area contributed by atoms with Gasteiger partial charge in [0.15, 0.2) is 23.6 Å². The van der Waals surface area contributed by atoms with Gasteiger partial charge in [0.2, 0.25) is 10.0 Å². The molecule has 12 heteroatoms. The minimum Gasteiger partial charge on any atom is -0.449 e. The molecule has 1 atom stereocenters. The molecule has 172 valence electrons. The Hall–Kier alpha value is -2.96. The maximum atomic E-state index is 13.7. The monoisotopic (exact) mass is 472 g/mol. The van der Waals surface area contributed by atoms with Gasteiger partial charge >= 0.3 is 5.97 Å². The van der Waals surface area contributed by atoms with Gasteiger partial charge in [-0.15, -0.1) is 0 Å². The summed E-state index contributed by atoms with van der Waals surface area (Å²) in [7, 11) is -3.86. The highest BCUT2D eigenvalue weighted by Gasteiger charge is 2.28. The van der Waals surface area contributed by atoms with Crippen LogP contribution in [0.4, 0.5) is 18.9 Å². The lowest BCUT2D eigenvalue weighted by atomic mass is 10.2. The van der Waals surface area contributed by atoms with Crippen LogP contribution < -0.4 is 5.32 Å². The fraction of sp³-hybridized carbons (Fsp3) is 0.300. The van der Waals surface area contributed by atoms with Crippen molar-refractivity contribution < 1.29 is 40.7 Å². The third-order valence-corrected chi connectivity index (χ3v) is 6.52. The number of amides is 1. The van der Waals surface area contributed by atoms with Gasteiger partial charge in [-0.2, -0.15) is 4.31 Å². The summed E-state index contributed by atoms with van der Waals surface area (Å²) in [6.07, 6.45) is -1.45. The van der Waals surface area contributed by atoms with Crippen LogP contribution in [-0.2, 0) is 24.3 Å². The SMILES string of the molecule is CC(OC(=O)c1cccc(S(=O)(=O)N2CCOCC2)c1)C(=O)Nc1ccc(F)c(F)c1F. The first kappa shape index (κ1) is 23.7. The van der Waals surface area contributed by atoms with E-state index in [-0.39, 0.29) is 36.8 Å². The quantitative estimate of drug-likeness (QED) is 0.512. The summed E-state index contributed by atoms with van der Waals surface area (Å²) in [6, 6.07) is 6.55. The molecule has 1 aliphatic heterocycles. The Labute approximate surface area is 182 Å². The number of sulfonamides is 1. The summed E-state index contributed by atoms with van der Waals surface area (Å²) in [5.41, 5.74) is -0.756. The van der Waals surface area contributed by atoms with E-state index in [0.717, 1.165) is 12.1 Å². The number of nitrogens with zero attached hydrogens (tertiary/aromatic N) is 1. The molecule has 1 amide bonds. The lowest BCUT2D eigenvalue weighted by molar-refractivity contribution is -0.123. The van der Waals surface area contributed by atoms with Gasteiger partial charge in [-0.05, 0) is 37.3 Å². The lowest BCUT2D eigenvalue weighted by Gasteiger charge is -2.26. The van der Waals surface area contributed by atoms with Crippen molar-refractivity contribution in [2.24, 2.45) is 0 Å². The fourth-order valence-electron chi connectivity index (χ4n) is 2.86. The Kier molecular flexibility index (Phi) is 7.16. The average molecular weight is 472 g/mol. The Morgan fingerprint density at radius 2 is 1.78 bits per heavy atom. The molecule has 3 rings (SSSR count). The van der Waals surface area contributed by atoms with Crippen LogP contribution in [0.15, 0.2) is 41.3 Å². The minimum absolute atomic E-state index is 0.127. The largest absolute Gasteiger partial charge is 0.449 e. The average Bonchev–Trinajstić information content (AvgIpc) is 2.80. The minimum atomic E-state index is -3.86. The second-order valence-electron chi connectivity index (χ2n) is 6.80. The first-order valence-corrected chi connectivity index (χ1v) is 10.9. The number of halogens is 3. The molecule has 8 nitrogen and oxygen atoms in total.